The summed E-state index contributed by atoms with van der Waals surface area (Å²) in [4.78, 5) is 8.39. The zero-order valence-electron chi connectivity index (χ0n) is 8.81. The van der Waals surface area contributed by atoms with E-state index in [-0.39, 0.29) is 0 Å². The molecule has 2 aromatic rings. The monoisotopic (exact) mass is 299 g/mol. The van der Waals surface area contributed by atoms with Crippen LogP contribution in [0.4, 0.5) is 5.69 Å². The van der Waals surface area contributed by atoms with Crippen molar-refractivity contribution in [3.05, 3.63) is 22.6 Å². The van der Waals surface area contributed by atoms with Crippen LogP contribution in [0.3, 0.4) is 0 Å². The number of nitrogens with zero attached hydrogens (tertiary/aromatic N) is 4. The van der Waals surface area contributed by atoms with Gasteiger partial charge in [0, 0.05) is 7.05 Å². The maximum absolute atomic E-state index is 5.76. The molecule has 0 aliphatic rings. The Bertz CT molecular complexity index is 525. The molecule has 16 heavy (non-hydrogen) atoms. The van der Waals surface area contributed by atoms with Crippen LogP contribution in [0, 0.1) is 6.92 Å². The fourth-order valence-electron chi connectivity index (χ4n) is 1.10. The maximum atomic E-state index is 5.76. The first kappa shape index (κ1) is 11.4. The summed E-state index contributed by atoms with van der Waals surface area (Å²) >= 11 is 4.93. The molecule has 2 aromatic heterocycles. The largest absolute Gasteiger partial charge is 0.397 e. The topological polar surface area (TPSA) is 69.6 Å². The Kier molecular flexibility index (Phi) is 3.15. The molecular weight excluding hydrogens is 290 g/mol. The van der Waals surface area contributed by atoms with Gasteiger partial charge in [0.2, 0.25) is 0 Å². The van der Waals surface area contributed by atoms with Gasteiger partial charge < -0.3 is 5.73 Å². The smallest absolute Gasteiger partial charge is 0.192 e. The van der Waals surface area contributed by atoms with Crippen molar-refractivity contribution in [1.29, 1.82) is 0 Å². The van der Waals surface area contributed by atoms with E-state index < -0.39 is 0 Å². The standard InChI is InChI=1S/C9H10BrN5S/c1-5-6(11)3-12-8(7(5)10)16-9-13-4-14-15(9)2/h3-4H,11H2,1-2H3. The molecule has 0 saturated heterocycles. The van der Waals surface area contributed by atoms with E-state index in [1.54, 1.807) is 10.9 Å². The number of nitrogen functional groups attached to an aromatic ring is 1. The molecule has 0 radical (unpaired) electrons. The van der Waals surface area contributed by atoms with E-state index in [1.807, 2.05) is 14.0 Å². The number of hydrogen-bond acceptors (Lipinski definition) is 5. The normalized spacial score (nSPS) is 10.7. The van der Waals surface area contributed by atoms with Gasteiger partial charge in [-0.2, -0.15) is 5.10 Å². The molecule has 5 nitrogen and oxygen atoms in total. The molecule has 0 bridgehead atoms. The van der Waals surface area contributed by atoms with Gasteiger partial charge in [-0.25, -0.2) is 14.6 Å². The van der Waals surface area contributed by atoms with E-state index in [4.69, 9.17) is 5.73 Å². The van der Waals surface area contributed by atoms with Gasteiger partial charge in [-0.15, -0.1) is 0 Å². The van der Waals surface area contributed by atoms with Gasteiger partial charge >= 0.3 is 0 Å². The molecule has 0 aliphatic carbocycles. The van der Waals surface area contributed by atoms with Crippen LogP contribution in [0.2, 0.25) is 0 Å². The summed E-state index contributed by atoms with van der Waals surface area (Å²) < 4.78 is 2.60. The molecule has 0 aliphatic heterocycles. The van der Waals surface area contributed by atoms with Crippen LogP contribution < -0.4 is 5.73 Å². The molecule has 0 spiro atoms. The minimum Gasteiger partial charge on any atom is -0.397 e. The van der Waals surface area contributed by atoms with Gasteiger partial charge in [-0.05, 0) is 40.2 Å². The summed E-state index contributed by atoms with van der Waals surface area (Å²) in [5, 5.41) is 5.62. The highest BCUT2D eigenvalue weighted by Crippen LogP contribution is 2.33. The molecular formula is C9H10BrN5S. The highest BCUT2D eigenvalue weighted by atomic mass is 79.9. The second-order valence-electron chi connectivity index (χ2n) is 3.23. The number of halogens is 1. The molecule has 2 N–H and O–H groups in total. The summed E-state index contributed by atoms with van der Waals surface area (Å²) in [5.74, 6) is 0. The van der Waals surface area contributed by atoms with Crippen molar-refractivity contribution in [2.75, 3.05) is 5.73 Å². The third kappa shape index (κ3) is 2.05. The Labute approximate surface area is 106 Å². The van der Waals surface area contributed by atoms with Crippen molar-refractivity contribution in [1.82, 2.24) is 19.7 Å². The third-order valence-electron chi connectivity index (χ3n) is 2.13. The molecule has 0 atom stereocenters. The first-order chi connectivity index (χ1) is 7.59. The lowest BCUT2D eigenvalue weighted by atomic mass is 10.3. The van der Waals surface area contributed by atoms with Gasteiger partial charge in [0.25, 0.3) is 0 Å². The van der Waals surface area contributed by atoms with E-state index in [0.717, 1.165) is 20.2 Å². The summed E-state index contributed by atoms with van der Waals surface area (Å²) in [7, 11) is 1.84. The molecule has 2 rings (SSSR count). The number of aromatic nitrogens is 4. The van der Waals surface area contributed by atoms with Gasteiger partial charge in [-0.1, -0.05) is 0 Å². The zero-order valence-corrected chi connectivity index (χ0v) is 11.2. The maximum Gasteiger partial charge on any atom is 0.192 e. The number of aryl methyl sites for hydroxylation is 1. The van der Waals surface area contributed by atoms with Crippen molar-refractivity contribution in [3.63, 3.8) is 0 Å². The van der Waals surface area contributed by atoms with E-state index in [2.05, 4.69) is 31.0 Å². The molecule has 7 heteroatoms. The lowest BCUT2D eigenvalue weighted by molar-refractivity contribution is 0.684. The summed E-state index contributed by atoms with van der Waals surface area (Å²) in [6.07, 6.45) is 3.17. The van der Waals surface area contributed by atoms with Crippen LogP contribution in [0.1, 0.15) is 5.56 Å². The molecule has 84 valence electrons. The van der Waals surface area contributed by atoms with Crippen LogP contribution in [0.25, 0.3) is 0 Å². The van der Waals surface area contributed by atoms with Crippen molar-refractivity contribution in [2.24, 2.45) is 7.05 Å². The van der Waals surface area contributed by atoms with E-state index in [0.29, 0.717) is 5.69 Å². The van der Waals surface area contributed by atoms with Gasteiger partial charge in [0.05, 0.1) is 16.4 Å². The molecule has 0 fully saturated rings. The van der Waals surface area contributed by atoms with Crippen LogP contribution in [0.5, 0.6) is 0 Å². The lowest BCUT2D eigenvalue weighted by Crippen LogP contribution is -1.97. The second kappa shape index (κ2) is 4.42. The predicted octanol–water partition coefficient (Wildman–Crippen LogP) is 2.01. The molecule has 0 amide bonds. The minimum atomic E-state index is 0.675. The highest BCUT2D eigenvalue weighted by Gasteiger charge is 2.11. The number of anilines is 1. The SMILES string of the molecule is Cc1c(N)cnc(Sc2ncnn2C)c1Br. The van der Waals surface area contributed by atoms with Crippen molar-refractivity contribution < 1.29 is 0 Å². The molecule has 2 heterocycles. The Morgan fingerprint density at radius 2 is 2.19 bits per heavy atom. The Balaban J connectivity index is 2.36. The highest BCUT2D eigenvalue weighted by molar-refractivity contribution is 9.10. The Morgan fingerprint density at radius 3 is 2.81 bits per heavy atom. The quantitative estimate of drug-likeness (QED) is 0.919. The predicted molar refractivity (Wildman–Crippen MR) is 66.2 cm³/mol. The summed E-state index contributed by atoms with van der Waals surface area (Å²) in [6.45, 7) is 1.95. The fraction of sp³-hybridized carbons (Fsp3) is 0.222. The average molecular weight is 300 g/mol. The fourth-order valence-corrected chi connectivity index (χ4v) is 2.48. The first-order valence-electron chi connectivity index (χ1n) is 4.52. The molecule has 0 saturated carbocycles. The van der Waals surface area contributed by atoms with Gasteiger partial charge in [0.15, 0.2) is 5.16 Å². The van der Waals surface area contributed by atoms with Crippen LogP contribution in [0.15, 0.2) is 27.2 Å². The van der Waals surface area contributed by atoms with Crippen LogP contribution >= 0.6 is 27.7 Å². The molecule has 0 unspecified atom stereocenters. The average Bonchev–Trinajstić information content (AvgIpc) is 2.65. The van der Waals surface area contributed by atoms with E-state index in [1.165, 1.54) is 18.1 Å². The number of nitrogens with two attached hydrogens (primary N) is 1. The second-order valence-corrected chi connectivity index (χ2v) is 4.97. The van der Waals surface area contributed by atoms with Crippen molar-refractivity contribution in [2.45, 2.75) is 17.1 Å². The molecule has 0 aromatic carbocycles. The van der Waals surface area contributed by atoms with Gasteiger partial charge in [0.1, 0.15) is 11.4 Å². The number of pyridine rings is 1. The minimum absolute atomic E-state index is 0.675. The van der Waals surface area contributed by atoms with Crippen LogP contribution in [-0.4, -0.2) is 19.7 Å². The first-order valence-corrected chi connectivity index (χ1v) is 6.13. The Hall–Kier alpha value is -1.08. The van der Waals surface area contributed by atoms with Gasteiger partial charge in [-0.3, -0.25) is 0 Å². The third-order valence-corrected chi connectivity index (χ3v) is 4.42. The van der Waals surface area contributed by atoms with Crippen molar-refractivity contribution in [3.8, 4) is 0 Å². The lowest BCUT2D eigenvalue weighted by Gasteiger charge is -2.07. The zero-order chi connectivity index (χ0) is 11.7. The van der Waals surface area contributed by atoms with E-state index in [9.17, 15) is 0 Å². The summed E-state index contributed by atoms with van der Waals surface area (Å²) in [5.41, 5.74) is 7.42. The van der Waals surface area contributed by atoms with Crippen LogP contribution in [-0.2, 0) is 7.05 Å². The summed E-state index contributed by atoms with van der Waals surface area (Å²) in [6, 6.07) is 0. The number of hydrogen-bond donors (Lipinski definition) is 1. The number of rotatable bonds is 2. The van der Waals surface area contributed by atoms with Crippen molar-refractivity contribution >= 4 is 33.4 Å². The Morgan fingerprint density at radius 1 is 1.44 bits per heavy atom. The van der Waals surface area contributed by atoms with E-state index >= 15 is 0 Å².